The van der Waals surface area contributed by atoms with E-state index in [2.05, 4.69) is 6.58 Å². The van der Waals surface area contributed by atoms with E-state index in [9.17, 15) is 9.50 Å². The standard InChI is InChI=1S/C12H13FN2O.ClH/c1-7(2)5-10(15)11-8(6-14)3-4-9(13)12(11)16;/h3-4,10,16H,1,5,15H2,2H3;1H/t10-;/m1./s1. The number of hydrogen-bond donors (Lipinski definition) is 2. The maximum absolute atomic E-state index is 13.2. The quantitative estimate of drug-likeness (QED) is 0.817. The number of phenolic OH excluding ortho intramolecular Hbond substituents is 1. The lowest BCUT2D eigenvalue weighted by atomic mass is 9.95. The summed E-state index contributed by atoms with van der Waals surface area (Å²) in [6, 6.07) is 3.61. The van der Waals surface area contributed by atoms with Gasteiger partial charge in [-0.05, 0) is 25.5 Å². The van der Waals surface area contributed by atoms with Crippen LogP contribution in [0, 0.1) is 17.1 Å². The molecule has 0 spiro atoms. The van der Waals surface area contributed by atoms with Crippen LogP contribution in [0.4, 0.5) is 4.39 Å². The van der Waals surface area contributed by atoms with Gasteiger partial charge in [-0.15, -0.1) is 19.0 Å². The average molecular weight is 257 g/mol. The van der Waals surface area contributed by atoms with Crippen LogP contribution < -0.4 is 5.73 Å². The smallest absolute Gasteiger partial charge is 0.165 e. The molecule has 0 aliphatic carbocycles. The third-order valence-corrected chi connectivity index (χ3v) is 2.23. The summed E-state index contributed by atoms with van der Waals surface area (Å²) >= 11 is 0. The predicted octanol–water partition coefficient (Wildman–Crippen LogP) is 2.79. The summed E-state index contributed by atoms with van der Waals surface area (Å²) in [6.45, 7) is 5.47. The maximum atomic E-state index is 13.2. The number of aromatic hydroxyl groups is 1. The van der Waals surface area contributed by atoms with E-state index in [0.717, 1.165) is 11.6 Å². The Labute approximate surface area is 106 Å². The molecule has 17 heavy (non-hydrogen) atoms. The summed E-state index contributed by atoms with van der Waals surface area (Å²) in [4.78, 5) is 0. The van der Waals surface area contributed by atoms with E-state index in [4.69, 9.17) is 11.0 Å². The highest BCUT2D eigenvalue weighted by Crippen LogP contribution is 2.31. The van der Waals surface area contributed by atoms with E-state index >= 15 is 0 Å². The molecule has 5 heteroatoms. The number of nitriles is 1. The van der Waals surface area contributed by atoms with Gasteiger partial charge in [0.15, 0.2) is 11.6 Å². The van der Waals surface area contributed by atoms with Crippen LogP contribution in [0.1, 0.15) is 30.5 Å². The van der Waals surface area contributed by atoms with Crippen molar-refractivity contribution in [2.24, 2.45) is 5.73 Å². The molecule has 1 rings (SSSR count). The van der Waals surface area contributed by atoms with Crippen molar-refractivity contribution in [1.29, 1.82) is 5.26 Å². The Hall–Kier alpha value is -1.57. The summed E-state index contributed by atoms with van der Waals surface area (Å²) in [7, 11) is 0. The second kappa shape index (κ2) is 6.24. The van der Waals surface area contributed by atoms with Gasteiger partial charge in [0.05, 0.1) is 11.6 Å². The number of halogens is 2. The highest BCUT2D eigenvalue weighted by Gasteiger charge is 2.18. The molecule has 0 radical (unpaired) electrons. The number of nitrogens with zero attached hydrogens (tertiary/aromatic N) is 1. The molecule has 0 heterocycles. The Bertz CT molecular complexity index is 468. The minimum atomic E-state index is -0.772. The summed E-state index contributed by atoms with van der Waals surface area (Å²) in [5.41, 5.74) is 6.94. The van der Waals surface area contributed by atoms with Crippen LogP contribution in [0.25, 0.3) is 0 Å². The summed E-state index contributed by atoms with van der Waals surface area (Å²) in [5, 5.41) is 18.4. The summed E-state index contributed by atoms with van der Waals surface area (Å²) < 4.78 is 13.2. The molecule has 1 atom stereocenters. The minimum absolute atomic E-state index is 0. The van der Waals surface area contributed by atoms with Gasteiger partial charge in [0.2, 0.25) is 0 Å². The fraction of sp³-hybridized carbons (Fsp3) is 0.250. The molecular weight excluding hydrogens is 243 g/mol. The van der Waals surface area contributed by atoms with Crippen molar-refractivity contribution in [2.45, 2.75) is 19.4 Å². The molecule has 92 valence electrons. The van der Waals surface area contributed by atoms with Crippen LogP contribution in [0.3, 0.4) is 0 Å². The molecule has 0 bridgehead atoms. The van der Waals surface area contributed by atoms with Gasteiger partial charge in [0.25, 0.3) is 0 Å². The molecule has 0 fully saturated rings. The van der Waals surface area contributed by atoms with Crippen molar-refractivity contribution < 1.29 is 9.50 Å². The van der Waals surface area contributed by atoms with Gasteiger partial charge < -0.3 is 10.8 Å². The Morgan fingerprint density at radius 3 is 2.71 bits per heavy atom. The predicted molar refractivity (Wildman–Crippen MR) is 66.4 cm³/mol. The van der Waals surface area contributed by atoms with E-state index in [1.807, 2.05) is 6.07 Å². The normalized spacial score (nSPS) is 11.2. The SMILES string of the molecule is C=C(C)C[C@@H](N)c1c(C#N)ccc(F)c1O.Cl. The molecule has 0 aliphatic rings. The topological polar surface area (TPSA) is 70.0 Å². The third kappa shape index (κ3) is 3.45. The molecule has 0 saturated carbocycles. The van der Waals surface area contributed by atoms with Gasteiger partial charge >= 0.3 is 0 Å². The first-order valence-corrected chi connectivity index (χ1v) is 4.78. The highest BCUT2D eigenvalue weighted by molar-refractivity contribution is 5.85. The van der Waals surface area contributed by atoms with Crippen LogP contribution in [-0.2, 0) is 0 Å². The second-order valence-electron chi connectivity index (χ2n) is 3.74. The Morgan fingerprint density at radius 2 is 2.24 bits per heavy atom. The van der Waals surface area contributed by atoms with Crippen molar-refractivity contribution in [3.8, 4) is 11.8 Å². The molecule has 0 saturated heterocycles. The van der Waals surface area contributed by atoms with Crippen LogP contribution in [0.2, 0.25) is 0 Å². The highest BCUT2D eigenvalue weighted by atomic mass is 35.5. The zero-order chi connectivity index (χ0) is 12.3. The fourth-order valence-corrected chi connectivity index (χ4v) is 1.53. The second-order valence-corrected chi connectivity index (χ2v) is 3.74. The molecule has 0 aliphatic heterocycles. The zero-order valence-electron chi connectivity index (χ0n) is 9.40. The van der Waals surface area contributed by atoms with Gasteiger partial charge in [-0.25, -0.2) is 4.39 Å². The lowest BCUT2D eigenvalue weighted by Gasteiger charge is -2.15. The van der Waals surface area contributed by atoms with Crippen molar-refractivity contribution in [3.63, 3.8) is 0 Å². The average Bonchev–Trinajstić information content (AvgIpc) is 2.20. The number of nitrogens with two attached hydrogens (primary N) is 1. The molecule has 1 aromatic rings. The molecule has 0 unspecified atom stereocenters. The maximum Gasteiger partial charge on any atom is 0.165 e. The van der Waals surface area contributed by atoms with Crippen LogP contribution in [0.15, 0.2) is 24.3 Å². The zero-order valence-corrected chi connectivity index (χ0v) is 10.2. The van der Waals surface area contributed by atoms with E-state index in [-0.39, 0.29) is 23.5 Å². The van der Waals surface area contributed by atoms with E-state index < -0.39 is 17.6 Å². The van der Waals surface area contributed by atoms with Crippen LogP contribution in [0.5, 0.6) is 5.75 Å². The third-order valence-electron chi connectivity index (χ3n) is 2.23. The van der Waals surface area contributed by atoms with Gasteiger partial charge in [-0.1, -0.05) is 5.57 Å². The minimum Gasteiger partial charge on any atom is -0.505 e. The summed E-state index contributed by atoms with van der Waals surface area (Å²) in [5.74, 6) is -1.32. The monoisotopic (exact) mass is 256 g/mol. The number of phenols is 1. The molecule has 0 amide bonds. The van der Waals surface area contributed by atoms with Crippen molar-refractivity contribution in [1.82, 2.24) is 0 Å². The van der Waals surface area contributed by atoms with Gasteiger partial charge in [-0.2, -0.15) is 5.26 Å². The van der Waals surface area contributed by atoms with Gasteiger partial charge in [-0.3, -0.25) is 0 Å². The van der Waals surface area contributed by atoms with Crippen LogP contribution >= 0.6 is 12.4 Å². The lowest BCUT2D eigenvalue weighted by molar-refractivity contribution is 0.420. The van der Waals surface area contributed by atoms with E-state index in [0.29, 0.717) is 6.42 Å². The summed E-state index contributed by atoms with van der Waals surface area (Å²) in [6.07, 6.45) is 0.395. The Balaban J connectivity index is 0.00000256. The first-order chi connectivity index (χ1) is 7.47. The largest absolute Gasteiger partial charge is 0.505 e. The number of rotatable bonds is 3. The molecule has 3 N–H and O–H groups in total. The molecule has 3 nitrogen and oxygen atoms in total. The van der Waals surface area contributed by atoms with Crippen molar-refractivity contribution in [3.05, 3.63) is 41.2 Å². The molecular formula is C12H14ClFN2O. The van der Waals surface area contributed by atoms with E-state index in [1.54, 1.807) is 6.92 Å². The van der Waals surface area contributed by atoms with Gasteiger partial charge in [0, 0.05) is 11.6 Å². The first kappa shape index (κ1) is 15.4. The first-order valence-electron chi connectivity index (χ1n) is 4.78. The Morgan fingerprint density at radius 1 is 1.65 bits per heavy atom. The van der Waals surface area contributed by atoms with Crippen molar-refractivity contribution >= 4 is 12.4 Å². The molecule has 0 aromatic heterocycles. The molecule has 1 aromatic carbocycles. The lowest BCUT2D eigenvalue weighted by Crippen LogP contribution is -2.13. The number of benzene rings is 1. The van der Waals surface area contributed by atoms with E-state index in [1.165, 1.54) is 6.07 Å². The Kier molecular flexibility index (Phi) is 5.66. The van der Waals surface area contributed by atoms with Crippen LogP contribution in [-0.4, -0.2) is 5.11 Å². The van der Waals surface area contributed by atoms with Crippen molar-refractivity contribution in [2.75, 3.05) is 0 Å². The van der Waals surface area contributed by atoms with Gasteiger partial charge in [0.1, 0.15) is 0 Å². The number of hydrogen-bond acceptors (Lipinski definition) is 3. The fourth-order valence-electron chi connectivity index (χ4n) is 1.53.